The van der Waals surface area contributed by atoms with Gasteiger partial charge in [0.15, 0.2) is 0 Å². The van der Waals surface area contributed by atoms with Crippen molar-refractivity contribution in [2.45, 2.75) is 0 Å². The standard InChI is InChI=1S/C19H14N6/c20-18-10-13-9-12-5-1-2-6-14(12)16-11-25(24-23-16)17-8-4-3-7-15(17)19(21-13)22-18/h1-11H,20H2,(H,21,22). The highest BCUT2D eigenvalue weighted by molar-refractivity contribution is 6.04. The first-order chi connectivity index (χ1) is 12.3. The van der Waals surface area contributed by atoms with Gasteiger partial charge in [-0.25, -0.2) is 9.67 Å². The molecule has 0 saturated carbocycles. The first-order valence-corrected chi connectivity index (χ1v) is 7.94. The molecule has 2 aliphatic rings. The summed E-state index contributed by atoms with van der Waals surface area (Å²) < 4.78 is 1.77. The maximum atomic E-state index is 6.05. The topological polar surface area (TPSA) is 81.1 Å². The van der Waals surface area contributed by atoms with Crippen LogP contribution in [0.5, 0.6) is 0 Å². The van der Waals surface area contributed by atoms with Gasteiger partial charge < -0.3 is 11.1 Å². The van der Waals surface area contributed by atoms with Crippen molar-refractivity contribution in [3.05, 3.63) is 83.4 Å². The van der Waals surface area contributed by atoms with Gasteiger partial charge in [-0.15, -0.1) is 5.10 Å². The lowest BCUT2D eigenvalue weighted by atomic mass is 10.0. The van der Waals surface area contributed by atoms with E-state index in [1.807, 2.05) is 66.9 Å². The minimum Gasteiger partial charge on any atom is -0.384 e. The molecule has 0 atom stereocenters. The third kappa shape index (κ3) is 2.23. The van der Waals surface area contributed by atoms with Crippen LogP contribution in [0.2, 0.25) is 0 Å². The van der Waals surface area contributed by atoms with Gasteiger partial charge >= 0.3 is 0 Å². The Labute approximate surface area is 144 Å². The summed E-state index contributed by atoms with van der Waals surface area (Å²) >= 11 is 0. The number of fused-ring (bicyclic) bond motifs is 9. The Bertz CT molecular complexity index is 1090. The summed E-state index contributed by atoms with van der Waals surface area (Å²) in [6, 6.07) is 16.0. The Morgan fingerprint density at radius 1 is 0.920 bits per heavy atom. The molecule has 4 bridgehead atoms. The van der Waals surface area contributed by atoms with Crippen LogP contribution in [0.3, 0.4) is 0 Å². The van der Waals surface area contributed by atoms with Crippen LogP contribution in [-0.4, -0.2) is 20.8 Å². The largest absolute Gasteiger partial charge is 0.384 e. The zero-order valence-electron chi connectivity index (χ0n) is 13.2. The summed E-state index contributed by atoms with van der Waals surface area (Å²) in [5.74, 6) is 1.16. The summed E-state index contributed by atoms with van der Waals surface area (Å²) in [5, 5.41) is 12.0. The van der Waals surface area contributed by atoms with Gasteiger partial charge in [0.25, 0.3) is 0 Å². The number of para-hydroxylation sites is 1. The molecular formula is C19H14N6. The molecule has 5 rings (SSSR count). The van der Waals surface area contributed by atoms with Crippen molar-refractivity contribution in [3.8, 4) is 16.9 Å². The minimum absolute atomic E-state index is 0.463. The number of nitrogens with one attached hydrogen (secondary N) is 1. The number of hydrogen-bond acceptors (Lipinski definition) is 5. The van der Waals surface area contributed by atoms with Crippen LogP contribution >= 0.6 is 0 Å². The van der Waals surface area contributed by atoms with Gasteiger partial charge in [-0.1, -0.05) is 41.6 Å². The lowest BCUT2D eigenvalue weighted by Crippen LogP contribution is -2.28. The maximum Gasteiger partial charge on any atom is 0.142 e. The van der Waals surface area contributed by atoms with Crippen LogP contribution in [-0.2, 0) is 0 Å². The zero-order valence-corrected chi connectivity index (χ0v) is 13.2. The van der Waals surface area contributed by atoms with E-state index in [0.717, 1.165) is 33.8 Å². The van der Waals surface area contributed by atoms with Crippen molar-refractivity contribution in [1.82, 2.24) is 20.3 Å². The highest BCUT2D eigenvalue weighted by atomic mass is 15.4. The number of nitrogens with two attached hydrogens (primary N) is 1. The number of hydrogen-bond donors (Lipinski definition) is 2. The molecular weight excluding hydrogens is 312 g/mol. The third-order valence-electron chi connectivity index (χ3n) is 4.25. The zero-order chi connectivity index (χ0) is 16.8. The van der Waals surface area contributed by atoms with E-state index in [4.69, 9.17) is 5.73 Å². The quantitative estimate of drug-likeness (QED) is 0.665. The molecule has 25 heavy (non-hydrogen) atoms. The van der Waals surface area contributed by atoms with Gasteiger partial charge in [0.05, 0.1) is 11.9 Å². The van der Waals surface area contributed by atoms with Crippen molar-refractivity contribution in [1.29, 1.82) is 0 Å². The Balaban J connectivity index is 1.86. The van der Waals surface area contributed by atoms with Crippen molar-refractivity contribution >= 4 is 11.9 Å². The smallest absolute Gasteiger partial charge is 0.142 e. The van der Waals surface area contributed by atoms with Gasteiger partial charge in [-0.05, 0) is 23.8 Å². The number of aliphatic imine (C=N–C) groups is 1. The van der Waals surface area contributed by atoms with Crippen LogP contribution < -0.4 is 11.1 Å². The van der Waals surface area contributed by atoms with E-state index >= 15 is 0 Å². The monoisotopic (exact) mass is 326 g/mol. The van der Waals surface area contributed by atoms with Gasteiger partial charge in [0.2, 0.25) is 0 Å². The Hall–Kier alpha value is -3.67. The van der Waals surface area contributed by atoms with Crippen LogP contribution in [0.25, 0.3) is 23.0 Å². The third-order valence-corrected chi connectivity index (χ3v) is 4.25. The van der Waals surface area contributed by atoms with E-state index in [1.54, 1.807) is 4.68 Å². The molecule has 0 aliphatic carbocycles. The van der Waals surface area contributed by atoms with Crippen LogP contribution in [0.15, 0.2) is 77.3 Å². The van der Waals surface area contributed by atoms with Crippen LogP contribution in [0.1, 0.15) is 11.1 Å². The van der Waals surface area contributed by atoms with E-state index in [9.17, 15) is 0 Å². The fourth-order valence-electron chi connectivity index (χ4n) is 3.13. The van der Waals surface area contributed by atoms with Crippen LogP contribution in [0.4, 0.5) is 0 Å². The molecule has 0 fully saturated rings. The molecule has 0 radical (unpaired) electrons. The summed E-state index contributed by atoms with van der Waals surface area (Å²) in [5.41, 5.74) is 11.6. The predicted molar refractivity (Wildman–Crippen MR) is 96.7 cm³/mol. The van der Waals surface area contributed by atoms with Gasteiger partial charge in [-0.2, -0.15) is 0 Å². The Morgan fingerprint density at radius 3 is 2.64 bits per heavy atom. The Kier molecular flexibility index (Phi) is 2.84. The summed E-state index contributed by atoms with van der Waals surface area (Å²) in [4.78, 5) is 4.47. The molecule has 1 aromatic heterocycles. The Morgan fingerprint density at radius 2 is 1.72 bits per heavy atom. The molecule has 0 saturated heterocycles. The van der Waals surface area contributed by atoms with Crippen molar-refractivity contribution in [2.75, 3.05) is 0 Å². The molecule has 3 N–H and O–H groups in total. The summed E-state index contributed by atoms with van der Waals surface area (Å²) in [6.07, 6.45) is 5.81. The average Bonchev–Trinajstić information content (AvgIpc) is 3.10. The average molecular weight is 326 g/mol. The number of benzene rings is 2. The molecule has 0 unspecified atom stereocenters. The summed E-state index contributed by atoms with van der Waals surface area (Å²) in [7, 11) is 0. The second-order valence-electron chi connectivity index (χ2n) is 5.91. The highest BCUT2D eigenvalue weighted by Crippen LogP contribution is 2.27. The SMILES string of the molecule is NC1=CC2=Cc3ccccc3-c3cn(nn3)-c3ccccc3C(=N1)N2. The molecule has 3 aromatic rings. The first-order valence-electron chi connectivity index (χ1n) is 7.94. The van der Waals surface area contributed by atoms with E-state index in [2.05, 4.69) is 20.6 Å². The molecule has 0 amide bonds. The molecule has 6 nitrogen and oxygen atoms in total. The highest BCUT2D eigenvalue weighted by Gasteiger charge is 2.18. The van der Waals surface area contributed by atoms with Gasteiger partial charge in [-0.3, -0.25) is 0 Å². The van der Waals surface area contributed by atoms with E-state index < -0.39 is 0 Å². The maximum absolute atomic E-state index is 6.05. The number of rotatable bonds is 0. The fraction of sp³-hybridized carbons (Fsp3) is 0. The van der Waals surface area contributed by atoms with E-state index in [0.29, 0.717) is 11.7 Å². The number of nitrogens with zero attached hydrogens (tertiary/aromatic N) is 4. The molecule has 2 aromatic carbocycles. The van der Waals surface area contributed by atoms with Gasteiger partial charge in [0.1, 0.15) is 17.4 Å². The van der Waals surface area contributed by atoms with Crippen molar-refractivity contribution < 1.29 is 0 Å². The van der Waals surface area contributed by atoms with Gasteiger partial charge in [0, 0.05) is 22.9 Å². The first kappa shape index (κ1) is 13.7. The normalized spacial score (nSPS) is 14.8. The number of aromatic nitrogens is 3. The lowest BCUT2D eigenvalue weighted by Gasteiger charge is -2.18. The molecule has 2 aliphatic heterocycles. The van der Waals surface area contributed by atoms with E-state index in [-0.39, 0.29) is 0 Å². The molecule has 3 heterocycles. The summed E-state index contributed by atoms with van der Waals surface area (Å²) in [6.45, 7) is 0. The second-order valence-corrected chi connectivity index (χ2v) is 5.91. The molecule has 0 spiro atoms. The van der Waals surface area contributed by atoms with Crippen molar-refractivity contribution in [2.24, 2.45) is 10.7 Å². The lowest BCUT2D eigenvalue weighted by molar-refractivity contribution is 0.801. The number of amidine groups is 1. The second kappa shape index (κ2) is 5.17. The fourth-order valence-corrected chi connectivity index (χ4v) is 3.13. The molecule has 120 valence electrons. The van der Waals surface area contributed by atoms with Crippen molar-refractivity contribution in [3.63, 3.8) is 0 Å². The molecule has 6 heteroatoms. The van der Waals surface area contributed by atoms with E-state index in [1.165, 1.54) is 0 Å². The predicted octanol–water partition coefficient (Wildman–Crippen LogP) is 2.44. The minimum atomic E-state index is 0.463. The van der Waals surface area contributed by atoms with Crippen LogP contribution in [0, 0.1) is 0 Å². The number of allylic oxidation sites excluding steroid dienone is 1.